The lowest BCUT2D eigenvalue weighted by Gasteiger charge is -2.10. The first-order chi connectivity index (χ1) is 9.62. The van der Waals surface area contributed by atoms with Crippen molar-refractivity contribution in [2.75, 3.05) is 17.2 Å². The van der Waals surface area contributed by atoms with Crippen molar-refractivity contribution in [3.63, 3.8) is 0 Å². The predicted octanol–water partition coefficient (Wildman–Crippen LogP) is 3.49. The van der Waals surface area contributed by atoms with Crippen molar-refractivity contribution < 1.29 is 0 Å². The van der Waals surface area contributed by atoms with E-state index in [4.69, 9.17) is 16.9 Å². The molecule has 6 heteroatoms. The number of halogens is 1. The van der Waals surface area contributed by atoms with Crippen LogP contribution >= 0.6 is 11.6 Å². The van der Waals surface area contributed by atoms with Crippen LogP contribution in [0, 0.1) is 18.3 Å². The highest BCUT2D eigenvalue weighted by molar-refractivity contribution is 6.33. The molecule has 0 aliphatic rings. The van der Waals surface area contributed by atoms with Crippen LogP contribution < -0.4 is 10.6 Å². The number of aromatic nitrogens is 2. The molecule has 0 atom stereocenters. The summed E-state index contributed by atoms with van der Waals surface area (Å²) in [5.41, 5.74) is 2.07. The normalized spacial score (nSPS) is 9.90. The van der Waals surface area contributed by atoms with E-state index in [-0.39, 0.29) is 0 Å². The summed E-state index contributed by atoms with van der Waals surface area (Å²) in [7, 11) is 0. The zero-order chi connectivity index (χ0) is 14.5. The van der Waals surface area contributed by atoms with E-state index in [0.717, 1.165) is 12.2 Å². The minimum atomic E-state index is 0.477. The molecule has 1 aromatic carbocycles. The number of anilines is 3. The number of hydrogen-bond donors (Lipinski definition) is 2. The van der Waals surface area contributed by atoms with E-state index < -0.39 is 0 Å². The van der Waals surface area contributed by atoms with Crippen LogP contribution in [-0.2, 0) is 0 Å². The molecule has 0 bridgehead atoms. The first-order valence-corrected chi connectivity index (χ1v) is 6.56. The second-order valence-electron chi connectivity index (χ2n) is 4.18. The third kappa shape index (κ3) is 3.37. The van der Waals surface area contributed by atoms with Crippen molar-refractivity contribution >= 4 is 29.1 Å². The summed E-state index contributed by atoms with van der Waals surface area (Å²) in [4.78, 5) is 8.62. The van der Waals surface area contributed by atoms with E-state index in [9.17, 15) is 0 Å². The Morgan fingerprint density at radius 3 is 2.75 bits per heavy atom. The van der Waals surface area contributed by atoms with Crippen molar-refractivity contribution in [1.29, 1.82) is 5.26 Å². The molecule has 0 radical (unpaired) electrons. The highest BCUT2D eigenvalue weighted by atomic mass is 35.5. The summed E-state index contributed by atoms with van der Waals surface area (Å²) in [5.74, 6) is 1.22. The summed E-state index contributed by atoms with van der Waals surface area (Å²) in [6, 6.07) is 8.95. The van der Waals surface area contributed by atoms with E-state index in [1.165, 1.54) is 0 Å². The second-order valence-corrected chi connectivity index (χ2v) is 4.59. The number of nitriles is 1. The Labute approximate surface area is 122 Å². The fraction of sp³-hybridized carbons (Fsp3) is 0.214. The monoisotopic (exact) mass is 287 g/mol. The first kappa shape index (κ1) is 14.1. The van der Waals surface area contributed by atoms with Gasteiger partial charge in [-0.2, -0.15) is 10.2 Å². The lowest BCUT2D eigenvalue weighted by molar-refractivity contribution is 1.05. The molecule has 2 N–H and O–H groups in total. The van der Waals surface area contributed by atoms with Gasteiger partial charge in [0.15, 0.2) is 0 Å². The molecule has 2 rings (SSSR count). The fourth-order valence-electron chi connectivity index (χ4n) is 1.69. The van der Waals surface area contributed by atoms with Crippen molar-refractivity contribution in [1.82, 2.24) is 9.97 Å². The molecule has 0 aliphatic carbocycles. The van der Waals surface area contributed by atoms with Crippen LogP contribution in [0.2, 0.25) is 5.02 Å². The lowest BCUT2D eigenvalue weighted by Crippen LogP contribution is -2.05. The molecule has 0 fully saturated rings. The third-order valence-electron chi connectivity index (χ3n) is 2.55. The van der Waals surface area contributed by atoms with Gasteiger partial charge in [0, 0.05) is 18.3 Å². The molecule has 0 unspecified atom stereocenters. The van der Waals surface area contributed by atoms with Gasteiger partial charge in [-0.15, -0.1) is 0 Å². The Hall–Kier alpha value is -2.32. The van der Waals surface area contributed by atoms with Crippen molar-refractivity contribution in [2.45, 2.75) is 13.8 Å². The van der Waals surface area contributed by atoms with Crippen molar-refractivity contribution in [3.8, 4) is 6.07 Å². The van der Waals surface area contributed by atoms with Gasteiger partial charge in [-0.25, -0.2) is 4.98 Å². The summed E-state index contributed by atoms with van der Waals surface area (Å²) in [6.07, 6.45) is 0. The van der Waals surface area contributed by atoms with E-state index >= 15 is 0 Å². The molecule has 102 valence electrons. The largest absolute Gasteiger partial charge is 0.354 e. The van der Waals surface area contributed by atoms with Gasteiger partial charge in [0.1, 0.15) is 5.82 Å². The van der Waals surface area contributed by atoms with E-state index in [2.05, 4.69) is 20.6 Å². The Morgan fingerprint density at radius 2 is 2.10 bits per heavy atom. The molecular weight excluding hydrogens is 274 g/mol. The number of nitrogens with zero attached hydrogens (tertiary/aromatic N) is 3. The maximum absolute atomic E-state index is 8.82. The molecule has 20 heavy (non-hydrogen) atoms. The Kier molecular flexibility index (Phi) is 4.38. The molecule has 5 nitrogen and oxygen atoms in total. The van der Waals surface area contributed by atoms with E-state index in [1.807, 2.05) is 26.0 Å². The maximum atomic E-state index is 8.82. The van der Waals surface area contributed by atoms with E-state index in [0.29, 0.717) is 28.0 Å². The van der Waals surface area contributed by atoms with Crippen LogP contribution in [0.25, 0.3) is 0 Å². The fourth-order valence-corrected chi connectivity index (χ4v) is 1.92. The lowest BCUT2D eigenvalue weighted by atomic mass is 10.2. The number of nitrogens with one attached hydrogen (secondary N) is 2. The predicted molar refractivity (Wildman–Crippen MR) is 80.4 cm³/mol. The van der Waals surface area contributed by atoms with Crippen LogP contribution in [0.4, 0.5) is 17.5 Å². The molecule has 2 aromatic rings. The minimum Gasteiger partial charge on any atom is -0.354 e. The van der Waals surface area contributed by atoms with Gasteiger partial charge >= 0.3 is 0 Å². The SMILES string of the molecule is CCNc1nc(C)cc(Nc2ccc(C#N)cc2Cl)n1. The smallest absolute Gasteiger partial charge is 0.224 e. The number of benzene rings is 1. The summed E-state index contributed by atoms with van der Waals surface area (Å²) >= 11 is 6.13. The molecule has 0 aliphatic heterocycles. The van der Waals surface area contributed by atoms with Crippen molar-refractivity contribution in [3.05, 3.63) is 40.5 Å². The van der Waals surface area contributed by atoms with Crippen LogP contribution in [-0.4, -0.2) is 16.5 Å². The minimum absolute atomic E-state index is 0.477. The highest BCUT2D eigenvalue weighted by Crippen LogP contribution is 2.26. The zero-order valence-corrected chi connectivity index (χ0v) is 12.0. The van der Waals surface area contributed by atoms with Crippen LogP contribution in [0.3, 0.4) is 0 Å². The van der Waals surface area contributed by atoms with Gasteiger partial charge in [0.05, 0.1) is 22.3 Å². The van der Waals surface area contributed by atoms with Crippen LogP contribution in [0.1, 0.15) is 18.2 Å². The van der Waals surface area contributed by atoms with Gasteiger partial charge in [-0.3, -0.25) is 0 Å². The Balaban J connectivity index is 2.28. The molecule has 0 saturated carbocycles. The van der Waals surface area contributed by atoms with E-state index in [1.54, 1.807) is 18.2 Å². The maximum Gasteiger partial charge on any atom is 0.224 e. The molecule has 0 amide bonds. The quantitative estimate of drug-likeness (QED) is 0.900. The van der Waals surface area contributed by atoms with Crippen LogP contribution in [0.5, 0.6) is 0 Å². The standard InChI is InChI=1S/C14H14ClN5/c1-3-17-14-18-9(2)6-13(20-14)19-12-5-4-10(8-16)7-11(12)15/h4-7H,3H2,1-2H3,(H2,17,18,19,20). The topological polar surface area (TPSA) is 73.6 Å². The molecule has 1 aromatic heterocycles. The van der Waals surface area contributed by atoms with Gasteiger partial charge in [-0.1, -0.05) is 11.6 Å². The highest BCUT2D eigenvalue weighted by Gasteiger charge is 2.05. The summed E-state index contributed by atoms with van der Waals surface area (Å²) < 4.78 is 0. The summed E-state index contributed by atoms with van der Waals surface area (Å²) in [5, 5.41) is 15.5. The number of rotatable bonds is 4. The van der Waals surface area contributed by atoms with Gasteiger partial charge in [0.2, 0.25) is 5.95 Å². The number of aryl methyl sites for hydroxylation is 1. The van der Waals surface area contributed by atoms with Crippen molar-refractivity contribution in [2.24, 2.45) is 0 Å². The summed E-state index contributed by atoms with van der Waals surface area (Å²) in [6.45, 7) is 4.63. The average molecular weight is 288 g/mol. The van der Waals surface area contributed by atoms with Gasteiger partial charge in [0.25, 0.3) is 0 Å². The van der Waals surface area contributed by atoms with Gasteiger partial charge in [-0.05, 0) is 32.0 Å². The number of hydrogen-bond acceptors (Lipinski definition) is 5. The zero-order valence-electron chi connectivity index (χ0n) is 11.2. The first-order valence-electron chi connectivity index (χ1n) is 6.18. The molecule has 1 heterocycles. The molecule has 0 spiro atoms. The molecular formula is C14H14ClN5. The third-order valence-corrected chi connectivity index (χ3v) is 2.86. The molecule has 0 saturated heterocycles. The van der Waals surface area contributed by atoms with Crippen LogP contribution in [0.15, 0.2) is 24.3 Å². The Morgan fingerprint density at radius 1 is 1.30 bits per heavy atom. The Bertz CT molecular complexity index is 663. The van der Waals surface area contributed by atoms with Gasteiger partial charge < -0.3 is 10.6 Å². The average Bonchev–Trinajstić information content (AvgIpc) is 2.41. The second kappa shape index (κ2) is 6.22.